The Bertz CT molecular complexity index is 613. The minimum Gasteiger partial charge on any atom is -0.487 e. The molecule has 0 saturated heterocycles. The number of pyridine rings is 1. The molecule has 96 valence electrons. The molecule has 1 aromatic heterocycles. The number of alkyl halides is 1. The lowest BCUT2D eigenvalue weighted by Gasteiger charge is -2.07. The first-order chi connectivity index (χ1) is 9.29. The number of aryl methyl sites for hydroxylation is 1. The van der Waals surface area contributed by atoms with Gasteiger partial charge < -0.3 is 4.74 Å². The van der Waals surface area contributed by atoms with Crippen molar-refractivity contribution in [3.8, 4) is 17.6 Å². The maximum atomic E-state index is 5.73. The van der Waals surface area contributed by atoms with E-state index in [9.17, 15) is 0 Å². The minimum atomic E-state index is 0.332. The Morgan fingerprint density at radius 3 is 2.95 bits per heavy atom. The van der Waals surface area contributed by atoms with E-state index in [0.29, 0.717) is 12.5 Å². The summed E-state index contributed by atoms with van der Waals surface area (Å²) in [6.07, 6.45) is 1.77. The second-order valence-electron chi connectivity index (χ2n) is 4.02. The SMILES string of the molecule is Cc1cccnc1COc1cccc(C#CCCl)c1. The molecule has 0 atom stereocenters. The van der Waals surface area contributed by atoms with E-state index in [1.165, 1.54) is 0 Å². The Hall–Kier alpha value is -1.98. The average molecular weight is 272 g/mol. The molecule has 0 spiro atoms. The highest BCUT2D eigenvalue weighted by Gasteiger charge is 2.00. The molecule has 2 nitrogen and oxygen atoms in total. The number of ether oxygens (including phenoxy) is 1. The zero-order chi connectivity index (χ0) is 13.5. The van der Waals surface area contributed by atoms with Crippen molar-refractivity contribution in [3.05, 3.63) is 59.4 Å². The molecule has 0 fully saturated rings. The fourth-order valence-electron chi connectivity index (χ4n) is 1.62. The lowest BCUT2D eigenvalue weighted by atomic mass is 10.2. The van der Waals surface area contributed by atoms with Crippen LogP contribution in [0.15, 0.2) is 42.6 Å². The maximum absolute atomic E-state index is 5.73. The standard InChI is InChI=1S/C16H14ClNO/c1-13-5-4-10-18-16(13)12-19-15-8-2-6-14(11-15)7-3-9-17/h2,4-6,8,10-11H,9,12H2,1H3. The summed E-state index contributed by atoms with van der Waals surface area (Å²) in [5.41, 5.74) is 2.97. The van der Waals surface area contributed by atoms with Crippen molar-refractivity contribution in [1.82, 2.24) is 4.98 Å². The summed E-state index contributed by atoms with van der Waals surface area (Å²) in [4.78, 5) is 4.29. The van der Waals surface area contributed by atoms with Gasteiger partial charge in [-0.05, 0) is 36.8 Å². The molecule has 2 rings (SSSR count). The van der Waals surface area contributed by atoms with Crippen LogP contribution in [-0.4, -0.2) is 10.9 Å². The second kappa shape index (κ2) is 6.82. The number of rotatable bonds is 3. The third-order valence-electron chi connectivity index (χ3n) is 2.63. The third-order valence-corrected chi connectivity index (χ3v) is 2.76. The predicted octanol–water partition coefficient (Wildman–Crippen LogP) is 3.56. The highest BCUT2D eigenvalue weighted by Crippen LogP contribution is 2.15. The van der Waals surface area contributed by atoms with Crippen LogP contribution in [0.4, 0.5) is 0 Å². The zero-order valence-electron chi connectivity index (χ0n) is 10.7. The first kappa shape index (κ1) is 13.5. The van der Waals surface area contributed by atoms with Crippen molar-refractivity contribution < 1.29 is 4.74 Å². The fraction of sp³-hybridized carbons (Fsp3) is 0.188. The van der Waals surface area contributed by atoms with Crippen LogP contribution in [0.25, 0.3) is 0 Å². The molecule has 1 heterocycles. The fourth-order valence-corrected chi connectivity index (χ4v) is 1.69. The summed E-state index contributed by atoms with van der Waals surface area (Å²) in [5.74, 6) is 6.90. The molecule has 0 amide bonds. The van der Waals surface area contributed by atoms with E-state index in [4.69, 9.17) is 16.3 Å². The molecular formula is C16H14ClNO. The quantitative estimate of drug-likeness (QED) is 0.629. The van der Waals surface area contributed by atoms with Gasteiger partial charge in [0.2, 0.25) is 0 Å². The van der Waals surface area contributed by atoms with Crippen LogP contribution in [0.1, 0.15) is 16.8 Å². The van der Waals surface area contributed by atoms with E-state index in [0.717, 1.165) is 22.6 Å². The topological polar surface area (TPSA) is 22.1 Å². The lowest BCUT2D eigenvalue weighted by Crippen LogP contribution is -2.00. The maximum Gasteiger partial charge on any atom is 0.130 e. The van der Waals surface area contributed by atoms with E-state index in [-0.39, 0.29) is 0 Å². The Balaban J connectivity index is 2.06. The van der Waals surface area contributed by atoms with Crippen LogP contribution < -0.4 is 4.74 Å². The van der Waals surface area contributed by atoms with Crippen LogP contribution in [-0.2, 0) is 6.61 Å². The van der Waals surface area contributed by atoms with Gasteiger partial charge in [0.05, 0.1) is 11.6 Å². The normalized spacial score (nSPS) is 9.58. The van der Waals surface area contributed by atoms with E-state index in [2.05, 4.69) is 16.8 Å². The van der Waals surface area contributed by atoms with E-state index in [1.807, 2.05) is 43.3 Å². The van der Waals surface area contributed by atoms with Crippen molar-refractivity contribution in [3.63, 3.8) is 0 Å². The van der Waals surface area contributed by atoms with Crippen molar-refractivity contribution >= 4 is 11.6 Å². The summed E-state index contributed by atoms with van der Waals surface area (Å²) < 4.78 is 5.73. The van der Waals surface area contributed by atoms with Gasteiger partial charge in [-0.25, -0.2) is 0 Å². The smallest absolute Gasteiger partial charge is 0.130 e. The van der Waals surface area contributed by atoms with Gasteiger partial charge in [0, 0.05) is 11.8 Å². The summed E-state index contributed by atoms with van der Waals surface area (Å²) in [6.45, 7) is 2.48. The number of halogens is 1. The van der Waals surface area contributed by atoms with Gasteiger partial charge in [-0.3, -0.25) is 4.98 Å². The largest absolute Gasteiger partial charge is 0.487 e. The third kappa shape index (κ3) is 4.01. The summed E-state index contributed by atoms with van der Waals surface area (Å²) >= 11 is 5.54. The predicted molar refractivity (Wildman–Crippen MR) is 77.3 cm³/mol. The number of nitrogens with zero attached hydrogens (tertiary/aromatic N) is 1. The molecule has 1 aromatic carbocycles. The first-order valence-electron chi connectivity index (χ1n) is 5.98. The van der Waals surface area contributed by atoms with E-state index < -0.39 is 0 Å². The Labute approximate surface area is 118 Å². The number of benzene rings is 1. The van der Waals surface area contributed by atoms with Gasteiger partial charge in [0.15, 0.2) is 0 Å². The highest BCUT2D eigenvalue weighted by molar-refractivity contribution is 6.19. The van der Waals surface area contributed by atoms with Gasteiger partial charge in [-0.1, -0.05) is 24.0 Å². The first-order valence-corrected chi connectivity index (χ1v) is 6.51. The molecule has 0 saturated carbocycles. The molecular weight excluding hydrogens is 258 g/mol. The molecule has 0 aliphatic rings. The summed E-state index contributed by atoms with van der Waals surface area (Å²) in [7, 11) is 0. The molecule has 0 aliphatic carbocycles. The van der Waals surface area contributed by atoms with Crippen LogP contribution in [0.5, 0.6) is 5.75 Å². The zero-order valence-corrected chi connectivity index (χ0v) is 11.4. The minimum absolute atomic E-state index is 0.332. The Morgan fingerprint density at radius 1 is 1.26 bits per heavy atom. The van der Waals surface area contributed by atoms with Crippen molar-refractivity contribution in [2.24, 2.45) is 0 Å². The summed E-state index contributed by atoms with van der Waals surface area (Å²) in [5, 5.41) is 0. The second-order valence-corrected chi connectivity index (χ2v) is 4.29. The van der Waals surface area contributed by atoms with Crippen molar-refractivity contribution in [1.29, 1.82) is 0 Å². The molecule has 3 heteroatoms. The number of hydrogen-bond donors (Lipinski definition) is 0. The van der Waals surface area contributed by atoms with E-state index >= 15 is 0 Å². The molecule has 0 bridgehead atoms. The molecule has 0 N–H and O–H groups in total. The average Bonchev–Trinajstić information content (AvgIpc) is 2.45. The number of aromatic nitrogens is 1. The highest BCUT2D eigenvalue weighted by atomic mass is 35.5. The summed E-state index contributed by atoms with van der Waals surface area (Å²) in [6, 6.07) is 11.6. The molecule has 0 radical (unpaired) electrons. The van der Waals surface area contributed by atoms with Gasteiger partial charge >= 0.3 is 0 Å². The van der Waals surface area contributed by atoms with Gasteiger partial charge in [-0.15, -0.1) is 11.6 Å². The number of hydrogen-bond acceptors (Lipinski definition) is 2. The molecule has 19 heavy (non-hydrogen) atoms. The molecule has 0 aliphatic heterocycles. The van der Waals surface area contributed by atoms with Gasteiger partial charge in [0.25, 0.3) is 0 Å². The Morgan fingerprint density at radius 2 is 2.16 bits per heavy atom. The van der Waals surface area contributed by atoms with Crippen LogP contribution in [0.3, 0.4) is 0 Å². The van der Waals surface area contributed by atoms with Crippen molar-refractivity contribution in [2.45, 2.75) is 13.5 Å². The molecule has 0 unspecified atom stereocenters. The van der Waals surface area contributed by atoms with Gasteiger partial charge in [0.1, 0.15) is 12.4 Å². The van der Waals surface area contributed by atoms with Crippen molar-refractivity contribution in [2.75, 3.05) is 5.88 Å². The van der Waals surface area contributed by atoms with Crippen LogP contribution in [0.2, 0.25) is 0 Å². The molecule has 2 aromatic rings. The van der Waals surface area contributed by atoms with Crippen LogP contribution >= 0.6 is 11.6 Å². The van der Waals surface area contributed by atoms with Crippen LogP contribution in [0, 0.1) is 18.8 Å². The van der Waals surface area contributed by atoms with E-state index in [1.54, 1.807) is 6.20 Å². The Kier molecular flexibility index (Phi) is 4.83. The lowest BCUT2D eigenvalue weighted by molar-refractivity contribution is 0.300. The van der Waals surface area contributed by atoms with Gasteiger partial charge in [-0.2, -0.15) is 0 Å². The monoisotopic (exact) mass is 271 g/mol.